The average molecular weight is 358 g/mol. The fourth-order valence-corrected chi connectivity index (χ4v) is 3.35. The number of imidazole rings is 1. The van der Waals surface area contributed by atoms with Gasteiger partial charge in [-0.15, -0.1) is 0 Å². The molecule has 0 fully saturated rings. The van der Waals surface area contributed by atoms with E-state index in [1.54, 1.807) is 16.7 Å². The Hall–Kier alpha value is -1.57. The van der Waals surface area contributed by atoms with Crippen molar-refractivity contribution < 1.29 is 14.3 Å². The van der Waals surface area contributed by atoms with E-state index in [4.69, 9.17) is 11.6 Å². The van der Waals surface area contributed by atoms with Crippen LogP contribution >= 0.6 is 23.4 Å². The van der Waals surface area contributed by atoms with Crippen LogP contribution in [0, 0.1) is 5.82 Å². The van der Waals surface area contributed by atoms with Crippen molar-refractivity contribution in [1.29, 1.82) is 0 Å². The smallest absolute Gasteiger partial charge is 0.240 e. The number of aromatic nitrogens is 2. The molecule has 0 aliphatic heterocycles. The number of nitrogens with zero attached hydrogens (tertiary/aromatic N) is 2. The molecule has 1 aromatic carbocycles. The van der Waals surface area contributed by atoms with Crippen molar-refractivity contribution >= 4 is 29.3 Å². The van der Waals surface area contributed by atoms with Crippen LogP contribution in [0.25, 0.3) is 0 Å². The number of nitrogens with one attached hydrogen (secondary N) is 1. The molecule has 0 atom stereocenters. The molecular formula is C15H17ClFN3O2S. The lowest BCUT2D eigenvalue weighted by molar-refractivity contribution is -0.121. The van der Waals surface area contributed by atoms with Gasteiger partial charge in [-0.25, -0.2) is 9.37 Å². The number of carbonyl (C=O) groups excluding carboxylic acids is 1. The molecule has 8 heteroatoms. The number of likely N-dealkylation sites (N-methyl/N-ethyl adjacent to an activating group) is 1. The van der Waals surface area contributed by atoms with E-state index in [0.717, 1.165) is 0 Å². The second-order valence-electron chi connectivity index (χ2n) is 4.72. The topological polar surface area (TPSA) is 67.2 Å². The van der Waals surface area contributed by atoms with Gasteiger partial charge in [0, 0.05) is 22.9 Å². The molecule has 0 saturated carbocycles. The zero-order chi connectivity index (χ0) is 16.8. The molecule has 0 radical (unpaired) electrons. The minimum absolute atomic E-state index is 0.0526. The number of carbonyl (C=O) groups is 1. The number of hydrogen-bond donors (Lipinski definition) is 2. The van der Waals surface area contributed by atoms with Gasteiger partial charge in [0.25, 0.3) is 0 Å². The van der Waals surface area contributed by atoms with Crippen LogP contribution in [0.15, 0.2) is 29.6 Å². The van der Waals surface area contributed by atoms with E-state index >= 15 is 0 Å². The summed E-state index contributed by atoms with van der Waals surface area (Å²) >= 11 is 7.27. The fraction of sp³-hybridized carbons (Fsp3) is 0.333. The van der Waals surface area contributed by atoms with Gasteiger partial charge >= 0.3 is 0 Å². The first-order valence-corrected chi connectivity index (χ1v) is 8.40. The predicted molar refractivity (Wildman–Crippen MR) is 87.8 cm³/mol. The van der Waals surface area contributed by atoms with E-state index in [9.17, 15) is 14.3 Å². The third kappa shape index (κ3) is 4.46. The van der Waals surface area contributed by atoms with Gasteiger partial charge in [0.1, 0.15) is 12.4 Å². The highest BCUT2D eigenvalue weighted by atomic mass is 35.5. The standard InChI is InChI=1S/C15H17ClFN3O2S/c1-2-18-14(22)7-20-10(8-21)6-19-15(20)23-9-11-12(16)4-3-5-13(11)17/h3-6,21H,2,7-9H2,1H3,(H,18,22). The summed E-state index contributed by atoms with van der Waals surface area (Å²) in [4.78, 5) is 16.0. The van der Waals surface area contributed by atoms with Crippen LogP contribution in [0.3, 0.4) is 0 Å². The van der Waals surface area contributed by atoms with E-state index < -0.39 is 0 Å². The minimum Gasteiger partial charge on any atom is -0.390 e. The Balaban J connectivity index is 2.16. The molecule has 2 aromatic rings. The molecule has 1 aromatic heterocycles. The number of amides is 1. The molecule has 0 aliphatic carbocycles. The molecule has 1 amide bonds. The Morgan fingerprint density at radius 2 is 2.30 bits per heavy atom. The van der Waals surface area contributed by atoms with Crippen molar-refractivity contribution in [3.05, 3.63) is 46.5 Å². The van der Waals surface area contributed by atoms with Gasteiger partial charge in [0.2, 0.25) is 5.91 Å². The monoisotopic (exact) mass is 357 g/mol. The van der Waals surface area contributed by atoms with E-state index in [-0.39, 0.29) is 30.6 Å². The van der Waals surface area contributed by atoms with Gasteiger partial charge in [0.15, 0.2) is 5.16 Å². The summed E-state index contributed by atoms with van der Waals surface area (Å²) in [6.45, 7) is 2.17. The molecule has 5 nitrogen and oxygen atoms in total. The number of halogens is 2. The summed E-state index contributed by atoms with van der Waals surface area (Å²) in [5.41, 5.74) is 0.913. The number of thioether (sulfide) groups is 1. The van der Waals surface area contributed by atoms with Gasteiger partial charge in [0.05, 0.1) is 18.5 Å². The van der Waals surface area contributed by atoms with Crippen molar-refractivity contribution in [2.24, 2.45) is 0 Å². The number of hydrogen-bond acceptors (Lipinski definition) is 4. The van der Waals surface area contributed by atoms with Gasteiger partial charge in [-0.05, 0) is 19.1 Å². The summed E-state index contributed by atoms with van der Waals surface area (Å²) < 4.78 is 15.4. The van der Waals surface area contributed by atoms with Gasteiger partial charge in [-0.3, -0.25) is 4.79 Å². The zero-order valence-corrected chi connectivity index (χ0v) is 14.1. The Labute approximate surface area is 142 Å². The maximum absolute atomic E-state index is 13.8. The SMILES string of the molecule is CCNC(=O)Cn1c(CO)cnc1SCc1c(F)cccc1Cl. The Bertz CT molecular complexity index is 673. The average Bonchev–Trinajstić information content (AvgIpc) is 2.89. The van der Waals surface area contributed by atoms with Gasteiger partial charge < -0.3 is 15.0 Å². The maximum atomic E-state index is 13.8. The highest BCUT2D eigenvalue weighted by molar-refractivity contribution is 7.98. The van der Waals surface area contributed by atoms with Crippen LogP contribution in [0.1, 0.15) is 18.2 Å². The summed E-state index contributed by atoms with van der Waals surface area (Å²) in [5, 5.41) is 12.9. The van der Waals surface area contributed by atoms with E-state index in [1.807, 2.05) is 6.92 Å². The normalized spacial score (nSPS) is 10.8. The summed E-state index contributed by atoms with van der Waals surface area (Å²) in [6.07, 6.45) is 1.50. The first-order chi connectivity index (χ1) is 11.1. The highest BCUT2D eigenvalue weighted by Crippen LogP contribution is 2.28. The fourth-order valence-electron chi connectivity index (χ4n) is 2.01. The lowest BCUT2D eigenvalue weighted by atomic mass is 10.2. The first-order valence-electron chi connectivity index (χ1n) is 7.04. The third-order valence-electron chi connectivity index (χ3n) is 3.15. The lowest BCUT2D eigenvalue weighted by Crippen LogP contribution is -2.28. The number of benzene rings is 1. The van der Waals surface area contributed by atoms with E-state index in [1.165, 1.54) is 24.0 Å². The molecule has 0 spiro atoms. The highest BCUT2D eigenvalue weighted by Gasteiger charge is 2.15. The summed E-state index contributed by atoms with van der Waals surface area (Å²) in [5.74, 6) is -0.275. The second kappa shape index (κ2) is 8.33. The van der Waals surface area contributed by atoms with Crippen LogP contribution < -0.4 is 5.32 Å². The molecule has 23 heavy (non-hydrogen) atoms. The van der Waals surface area contributed by atoms with E-state index in [0.29, 0.717) is 28.0 Å². The van der Waals surface area contributed by atoms with E-state index in [2.05, 4.69) is 10.3 Å². The van der Waals surface area contributed by atoms with Gasteiger partial charge in [-0.1, -0.05) is 29.4 Å². The van der Waals surface area contributed by atoms with Crippen LogP contribution in [0.5, 0.6) is 0 Å². The van der Waals surface area contributed by atoms with Crippen molar-refractivity contribution in [3.63, 3.8) is 0 Å². The summed E-state index contributed by atoms with van der Waals surface area (Å²) in [6, 6.07) is 4.52. The zero-order valence-electron chi connectivity index (χ0n) is 12.6. The van der Waals surface area contributed by atoms with Crippen LogP contribution in [-0.2, 0) is 23.7 Å². The maximum Gasteiger partial charge on any atom is 0.240 e. The molecule has 0 aliphatic rings. The molecule has 2 rings (SSSR count). The summed E-state index contributed by atoms with van der Waals surface area (Å²) in [7, 11) is 0. The van der Waals surface area contributed by atoms with Crippen molar-refractivity contribution in [2.75, 3.05) is 6.54 Å². The van der Waals surface area contributed by atoms with Crippen LogP contribution in [0.2, 0.25) is 5.02 Å². The minimum atomic E-state index is -0.380. The first kappa shape index (κ1) is 17.8. The third-order valence-corrected chi connectivity index (χ3v) is 4.52. The van der Waals surface area contributed by atoms with Crippen molar-refractivity contribution in [2.45, 2.75) is 31.0 Å². The molecule has 1 heterocycles. The Morgan fingerprint density at radius 1 is 1.52 bits per heavy atom. The Kier molecular flexibility index (Phi) is 6.44. The largest absolute Gasteiger partial charge is 0.390 e. The molecular weight excluding hydrogens is 341 g/mol. The van der Waals surface area contributed by atoms with Crippen molar-refractivity contribution in [1.82, 2.24) is 14.9 Å². The molecule has 0 unspecified atom stereocenters. The van der Waals surface area contributed by atoms with Crippen LogP contribution in [-0.4, -0.2) is 27.1 Å². The quantitative estimate of drug-likeness (QED) is 0.747. The molecule has 0 saturated heterocycles. The number of aliphatic hydroxyl groups excluding tert-OH is 1. The number of rotatable bonds is 7. The number of aliphatic hydroxyl groups is 1. The van der Waals surface area contributed by atoms with Crippen molar-refractivity contribution in [3.8, 4) is 0 Å². The van der Waals surface area contributed by atoms with Gasteiger partial charge in [-0.2, -0.15) is 0 Å². The predicted octanol–water partition coefficient (Wildman–Crippen LogP) is 2.60. The van der Waals surface area contributed by atoms with Crippen LogP contribution in [0.4, 0.5) is 4.39 Å². The Morgan fingerprint density at radius 3 is 2.96 bits per heavy atom. The molecule has 0 bridgehead atoms. The second-order valence-corrected chi connectivity index (χ2v) is 6.07. The lowest BCUT2D eigenvalue weighted by Gasteiger charge is -2.11. The molecule has 2 N–H and O–H groups in total. The molecule has 124 valence electrons.